The van der Waals surface area contributed by atoms with E-state index in [1.807, 2.05) is 24.3 Å². The van der Waals surface area contributed by atoms with Crippen molar-refractivity contribution in [3.63, 3.8) is 0 Å². The Morgan fingerprint density at radius 3 is 2.44 bits per heavy atom. The van der Waals surface area contributed by atoms with Gasteiger partial charge in [-0.05, 0) is 41.5 Å². The zero-order valence-electron chi connectivity index (χ0n) is 19.4. The highest BCUT2D eigenvalue weighted by molar-refractivity contribution is 7.89. The number of sulfonamides is 1. The number of carbonyl (C=O) groups is 3. The van der Waals surface area contributed by atoms with Crippen LogP contribution in [0.1, 0.15) is 16.8 Å². The number of hydrogen-bond acceptors (Lipinski definition) is 6. The first-order valence-electron chi connectivity index (χ1n) is 11.1. The Kier molecular flexibility index (Phi) is 7.34. The maximum absolute atomic E-state index is 13.5. The number of amides is 2. The first-order chi connectivity index (χ1) is 17.1. The second kappa shape index (κ2) is 10.3. The van der Waals surface area contributed by atoms with Gasteiger partial charge in [0.25, 0.3) is 0 Å². The lowest BCUT2D eigenvalue weighted by Gasteiger charge is -2.27. The van der Waals surface area contributed by atoms with Gasteiger partial charge in [0.1, 0.15) is 6.04 Å². The molecule has 1 fully saturated rings. The monoisotopic (exact) mass is 527 g/mol. The van der Waals surface area contributed by atoms with Crippen LogP contribution in [0.25, 0.3) is 10.8 Å². The Balaban J connectivity index is 1.51. The summed E-state index contributed by atoms with van der Waals surface area (Å²) < 4.78 is 28.2. The summed E-state index contributed by atoms with van der Waals surface area (Å²) in [6, 6.07) is 17.1. The molecule has 0 spiro atoms. The summed E-state index contributed by atoms with van der Waals surface area (Å²) >= 11 is 4.43. The lowest BCUT2D eigenvalue weighted by atomic mass is 10.1. The van der Waals surface area contributed by atoms with E-state index < -0.39 is 33.8 Å². The van der Waals surface area contributed by atoms with Crippen LogP contribution >= 0.6 is 12.6 Å². The summed E-state index contributed by atoms with van der Waals surface area (Å²) in [5.74, 6) is -2.35. The van der Waals surface area contributed by atoms with Gasteiger partial charge < -0.3 is 15.3 Å². The van der Waals surface area contributed by atoms with Crippen LogP contribution in [-0.4, -0.2) is 71.9 Å². The van der Waals surface area contributed by atoms with Gasteiger partial charge in [0, 0.05) is 18.8 Å². The van der Waals surface area contributed by atoms with Crippen molar-refractivity contribution >= 4 is 56.9 Å². The molecule has 1 saturated heterocycles. The van der Waals surface area contributed by atoms with E-state index in [4.69, 9.17) is 0 Å². The van der Waals surface area contributed by atoms with E-state index >= 15 is 0 Å². The molecule has 0 bridgehead atoms. The molecule has 2 N–H and O–H groups in total. The van der Waals surface area contributed by atoms with Gasteiger partial charge in [0.15, 0.2) is 0 Å². The van der Waals surface area contributed by atoms with Crippen molar-refractivity contribution in [2.45, 2.75) is 22.6 Å². The third-order valence-electron chi connectivity index (χ3n) is 6.03. The van der Waals surface area contributed by atoms with Gasteiger partial charge in [-0.1, -0.05) is 42.5 Å². The molecule has 0 aliphatic carbocycles. The minimum atomic E-state index is -4.01. The number of rotatable bonds is 7. The molecule has 2 unspecified atom stereocenters. The van der Waals surface area contributed by atoms with Crippen molar-refractivity contribution in [2.75, 3.05) is 25.5 Å². The Morgan fingerprint density at radius 1 is 1.06 bits per heavy atom. The molecule has 1 heterocycles. The Hall–Kier alpha value is -3.41. The first-order valence-corrected chi connectivity index (χ1v) is 13.1. The summed E-state index contributed by atoms with van der Waals surface area (Å²) in [7, 11) is -2.61. The van der Waals surface area contributed by atoms with E-state index in [1.165, 1.54) is 31.3 Å². The Morgan fingerprint density at radius 2 is 1.72 bits per heavy atom. The molecule has 11 heteroatoms. The van der Waals surface area contributed by atoms with Crippen molar-refractivity contribution < 1.29 is 27.9 Å². The van der Waals surface area contributed by atoms with Gasteiger partial charge >= 0.3 is 5.97 Å². The van der Waals surface area contributed by atoms with Crippen molar-refractivity contribution in [1.82, 2.24) is 9.21 Å². The maximum Gasteiger partial charge on any atom is 0.337 e. The average molecular weight is 528 g/mol. The van der Waals surface area contributed by atoms with Crippen LogP contribution in [0.4, 0.5) is 5.69 Å². The lowest BCUT2D eigenvalue weighted by molar-refractivity contribution is -0.136. The summed E-state index contributed by atoms with van der Waals surface area (Å²) in [5, 5.41) is 13.1. The average Bonchev–Trinajstić information content (AvgIpc) is 3.25. The number of nitrogens with one attached hydrogen (secondary N) is 1. The van der Waals surface area contributed by atoms with Crippen molar-refractivity contribution in [3.05, 3.63) is 72.3 Å². The number of carboxylic acid groups (broad SMARTS) is 1. The molecular weight excluding hydrogens is 502 g/mol. The zero-order chi connectivity index (χ0) is 26.0. The van der Waals surface area contributed by atoms with Crippen LogP contribution in [0.3, 0.4) is 0 Å². The van der Waals surface area contributed by atoms with E-state index in [0.29, 0.717) is 0 Å². The minimum Gasteiger partial charge on any atom is -0.478 e. The van der Waals surface area contributed by atoms with E-state index in [9.17, 15) is 27.9 Å². The largest absolute Gasteiger partial charge is 0.478 e. The van der Waals surface area contributed by atoms with Crippen molar-refractivity contribution in [2.24, 2.45) is 0 Å². The third kappa shape index (κ3) is 5.23. The number of carbonyl (C=O) groups excluding carboxylic acids is 2. The molecule has 3 aromatic carbocycles. The van der Waals surface area contributed by atoms with Crippen LogP contribution in [0.15, 0.2) is 71.6 Å². The highest BCUT2D eigenvalue weighted by Crippen LogP contribution is 2.31. The number of thiol groups is 1. The standard InChI is InChI=1S/C25H25N3O6S2/c1-27(15-23(29)26-21-9-5-4-8-20(21)25(31)32)24(30)22-13-18(35)14-28(22)36(33,34)19-11-10-16-6-2-3-7-17(16)12-19/h2-12,18,22,35H,13-15H2,1H3,(H,26,29)(H,31,32). The normalized spacial score (nSPS) is 18.2. The van der Waals surface area contributed by atoms with Crippen LogP contribution in [0.5, 0.6) is 0 Å². The topological polar surface area (TPSA) is 124 Å². The molecule has 1 aliphatic heterocycles. The lowest BCUT2D eigenvalue weighted by Crippen LogP contribution is -2.48. The highest BCUT2D eigenvalue weighted by atomic mass is 32.2. The number of benzene rings is 3. The van der Waals surface area contributed by atoms with E-state index in [0.717, 1.165) is 20.0 Å². The second-order valence-electron chi connectivity index (χ2n) is 8.58. The van der Waals surface area contributed by atoms with Crippen LogP contribution in [0.2, 0.25) is 0 Å². The molecule has 2 atom stereocenters. The molecule has 188 valence electrons. The molecule has 0 aromatic heterocycles. The number of hydrogen-bond donors (Lipinski definition) is 3. The highest BCUT2D eigenvalue weighted by Gasteiger charge is 2.44. The number of nitrogens with zero attached hydrogens (tertiary/aromatic N) is 2. The van der Waals surface area contributed by atoms with E-state index in [1.54, 1.807) is 18.2 Å². The molecule has 0 saturated carbocycles. The van der Waals surface area contributed by atoms with Crippen LogP contribution in [0, 0.1) is 0 Å². The predicted molar refractivity (Wildman–Crippen MR) is 139 cm³/mol. The van der Waals surface area contributed by atoms with Gasteiger partial charge in [0.05, 0.1) is 22.7 Å². The van der Waals surface area contributed by atoms with Crippen LogP contribution < -0.4 is 5.32 Å². The molecule has 9 nitrogen and oxygen atoms in total. The number of carboxylic acids is 1. The van der Waals surface area contributed by atoms with E-state index in [-0.39, 0.29) is 40.9 Å². The summed E-state index contributed by atoms with van der Waals surface area (Å²) in [4.78, 5) is 38.4. The predicted octanol–water partition coefficient (Wildman–Crippen LogP) is 2.70. The fraction of sp³-hybridized carbons (Fsp3) is 0.240. The number of fused-ring (bicyclic) bond motifs is 1. The summed E-state index contributed by atoms with van der Waals surface area (Å²) in [6.07, 6.45) is 0.197. The van der Waals surface area contributed by atoms with Gasteiger partial charge in [-0.15, -0.1) is 0 Å². The summed E-state index contributed by atoms with van der Waals surface area (Å²) in [5.41, 5.74) is 0.0221. The molecule has 1 aliphatic rings. The van der Waals surface area contributed by atoms with Gasteiger partial charge in [-0.2, -0.15) is 16.9 Å². The van der Waals surface area contributed by atoms with Gasteiger partial charge in [-0.3, -0.25) is 9.59 Å². The maximum atomic E-state index is 13.5. The summed E-state index contributed by atoms with van der Waals surface area (Å²) in [6.45, 7) is -0.328. The zero-order valence-corrected chi connectivity index (χ0v) is 21.1. The fourth-order valence-corrected chi connectivity index (χ4v) is 6.41. The molecular formula is C25H25N3O6S2. The Bertz CT molecular complexity index is 1440. The number of anilines is 1. The first kappa shape index (κ1) is 25.7. The van der Waals surface area contributed by atoms with Gasteiger partial charge in [-0.25, -0.2) is 13.2 Å². The van der Waals surface area contributed by atoms with E-state index in [2.05, 4.69) is 17.9 Å². The van der Waals surface area contributed by atoms with Gasteiger partial charge in [0.2, 0.25) is 21.8 Å². The quantitative estimate of drug-likeness (QED) is 0.406. The smallest absolute Gasteiger partial charge is 0.337 e. The molecule has 3 aromatic rings. The number of para-hydroxylation sites is 1. The molecule has 36 heavy (non-hydrogen) atoms. The fourth-order valence-electron chi connectivity index (χ4n) is 4.25. The van der Waals surface area contributed by atoms with Crippen molar-refractivity contribution in [3.8, 4) is 0 Å². The molecule has 4 rings (SSSR count). The van der Waals surface area contributed by atoms with Crippen LogP contribution in [-0.2, 0) is 19.6 Å². The van der Waals surface area contributed by atoms with Crippen molar-refractivity contribution in [1.29, 1.82) is 0 Å². The SMILES string of the molecule is CN(CC(=O)Nc1ccccc1C(=O)O)C(=O)C1CC(S)CN1S(=O)(=O)c1ccc2ccccc2c1. The molecule has 2 amide bonds. The molecule has 0 radical (unpaired) electrons. The Labute approximate surface area is 214 Å². The number of likely N-dealkylation sites (N-methyl/N-ethyl adjacent to an activating group) is 1. The third-order valence-corrected chi connectivity index (χ3v) is 8.28. The minimum absolute atomic E-state index is 0.0563. The number of aromatic carboxylic acids is 1. The second-order valence-corrected chi connectivity index (χ2v) is 11.2.